The average Bonchev–Trinajstić information content (AvgIpc) is 2.38. The van der Waals surface area contributed by atoms with Crippen LogP contribution in [0.25, 0.3) is 0 Å². The van der Waals surface area contributed by atoms with Crippen LogP contribution in [0.5, 0.6) is 0 Å². The smallest absolute Gasteiger partial charge is 0.0335 e. The van der Waals surface area contributed by atoms with Crippen molar-refractivity contribution >= 4 is 0 Å². The molecule has 1 nitrogen and oxygen atoms in total. The summed E-state index contributed by atoms with van der Waals surface area (Å²) in [5.41, 5.74) is 2.95. The average molecular weight is 161 g/mol. The highest BCUT2D eigenvalue weighted by molar-refractivity contribution is 5.31. The zero-order valence-corrected chi connectivity index (χ0v) is 7.34. The van der Waals surface area contributed by atoms with Crippen molar-refractivity contribution in [3.63, 3.8) is 0 Å². The van der Waals surface area contributed by atoms with Crippen LogP contribution in [-0.2, 0) is 0 Å². The molecular formula is C11H15N. The van der Waals surface area contributed by atoms with E-state index in [0.717, 1.165) is 13.0 Å². The standard InChI is InChI=1S/C11H15N/c1-2-6-10-7-4-5-9-12-11(10)8-3-1/h1-3,8,12H,4-7,9H2. The molecule has 0 saturated heterocycles. The monoisotopic (exact) mass is 161 g/mol. The Balaban J connectivity index is 2.22. The van der Waals surface area contributed by atoms with E-state index < -0.39 is 0 Å². The first-order valence-corrected chi connectivity index (χ1v) is 4.76. The molecule has 0 aromatic heterocycles. The van der Waals surface area contributed by atoms with Gasteiger partial charge in [-0.25, -0.2) is 0 Å². The lowest BCUT2D eigenvalue weighted by molar-refractivity contribution is 0.717. The summed E-state index contributed by atoms with van der Waals surface area (Å²) in [6.45, 7) is 1.14. The van der Waals surface area contributed by atoms with E-state index in [4.69, 9.17) is 0 Å². The lowest BCUT2D eigenvalue weighted by Gasteiger charge is -2.06. The molecule has 0 fully saturated rings. The minimum Gasteiger partial charge on any atom is -0.385 e. The Morgan fingerprint density at radius 3 is 3.17 bits per heavy atom. The molecular weight excluding hydrogens is 146 g/mol. The van der Waals surface area contributed by atoms with Crippen LogP contribution >= 0.6 is 0 Å². The lowest BCUT2D eigenvalue weighted by atomic mass is 10.1. The van der Waals surface area contributed by atoms with Crippen molar-refractivity contribution in [2.45, 2.75) is 25.7 Å². The van der Waals surface area contributed by atoms with Crippen LogP contribution < -0.4 is 5.32 Å². The van der Waals surface area contributed by atoms with E-state index in [1.165, 1.54) is 25.0 Å². The minimum atomic E-state index is 1.13. The molecule has 0 aromatic carbocycles. The van der Waals surface area contributed by atoms with Gasteiger partial charge in [-0.05, 0) is 37.3 Å². The first kappa shape index (κ1) is 7.66. The van der Waals surface area contributed by atoms with Crippen molar-refractivity contribution in [2.75, 3.05) is 6.54 Å². The molecule has 0 atom stereocenters. The summed E-state index contributed by atoms with van der Waals surface area (Å²) in [6, 6.07) is 0. The summed E-state index contributed by atoms with van der Waals surface area (Å²) in [6.07, 6.45) is 13.8. The first-order chi connectivity index (χ1) is 5.97. The maximum atomic E-state index is 3.48. The Kier molecular flexibility index (Phi) is 2.31. The maximum Gasteiger partial charge on any atom is 0.0335 e. The van der Waals surface area contributed by atoms with Crippen LogP contribution in [0.1, 0.15) is 25.7 Å². The third-order valence-corrected chi connectivity index (χ3v) is 2.48. The fourth-order valence-electron chi connectivity index (χ4n) is 1.78. The summed E-state index contributed by atoms with van der Waals surface area (Å²) in [5, 5.41) is 3.48. The highest BCUT2D eigenvalue weighted by Gasteiger charge is 2.07. The molecule has 1 N–H and O–H groups in total. The van der Waals surface area contributed by atoms with Crippen LogP contribution in [0.2, 0.25) is 0 Å². The van der Waals surface area contributed by atoms with Gasteiger partial charge in [-0.1, -0.05) is 18.2 Å². The summed E-state index contributed by atoms with van der Waals surface area (Å²) in [4.78, 5) is 0. The summed E-state index contributed by atoms with van der Waals surface area (Å²) >= 11 is 0. The topological polar surface area (TPSA) is 12.0 Å². The minimum absolute atomic E-state index is 1.13. The summed E-state index contributed by atoms with van der Waals surface area (Å²) in [7, 11) is 0. The Bertz CT molecular complexity index is 246. The third kappa shape index (κ3) is 1.60. The van der Waals surface area contributed by atoms with E-state index in [1.807, 2.05) is 0 Å². The molecule has 12 heavy (non-hydrogen) atoms. The highest BCUT2D eigenvalue weighted by Crippen LogP contribution is 2.21. The van der Waals surface area contributed by atoms with Crippen molar-refractivity contribution in [3.05, 3.63) is 35.6 Å². The van der Waals surface area contributed by atoms with Crippen LogP contribution in [0, 0.1) is 0 Å². The molecule has 2 aliphatic rings. The second-order valence-electron chi connectivity index (χ2n) is 3.39. The predicted molar refractivity (Wildman–Crippen MR) is 51.8 cm³/mol. The number of allylic oxidation sites excluding steroid dienone is 5. The van der Waals surface area contributed by atoms with Gasteiger partial charge in [0.25, 0.3) is 0 Å². The third-order valence-electron chi connectivity index (χ3n) is 2.48. The normalized spacial score (nSPS) is 22.7. The van der Waals surface area contributed by atoms with Crippen molar-refractivity contribution in [1.29, 1.82) is 0 Å². The first-order valence-electron chi connectivity index (χ1n) is 4.76. The fourth-order valence-corrected chi connectivity index (χ4v) is 1.78. The Morgan fingerprint density at radius 2 is 2.17 bits per heavy atom. The zero-order chi connectivity index (χ0) is 8.23. The van der Waals surface area contributed by atoms with E-state index in [2.05, 4.69) is 29.6 Å². The number of rotatable bonds is 0. The van der Waals surface area contributed by atoms with E-state index >= 15 is 0 Å². The molecule has 1 heteroatoms. The fraction of sp³-hybridized carbons (Fsp3) is 0.455. The van der Waals surface area contributed by atoms with Gasteiger partial charge in [-0.15, -0.1) is 0 Å². The van der Waals surface area contributed by atoms with Gasteiger partial charge in [0.2, 0.25) is 0 Å². The molecule has 0 bridgehead atoms. The zero-order valence-electron chi connectivity index (χ0n) is 7.34. The summed E-state index contributed by atoms with van der Waals surface area (Å²) in [5.74, 6) is 0. The largest absolute Gasteiger partial charge is 0.385 e. The Morgan fingerprint density at radius 1 is 1.17 bits per heavy atom. The van der Waals surface area contributed by atoms with E-state index in [1.54, 1.807) is 5.57 Å². The molecule has 0 spiro atoms. The second-order valence-corrected chi connectivity index (χ2v) is 3.39. The predicted octanol–water partition coefficient (Wildman–Crippen LogP) is 2.53. The quantitative estimate of drug-likeness (QED) is 0.575. The van der Waals surface area contributed by atoms with Gasteiger partial charge in [0.05, 0.1) is 0 Å². The van der Waals surface area contributed by atoms with E-state index in [-0.39, 0.29) is 0 Å². The van der Waals surface area contributed by atoms with Gasteiger partial charge >= 0.3 is 0 Å². The maximum absolute atomic E-state index is 3.48. The van der Waals surface area contributed by atoms with Crippen LogP contribution in [0.15, 0.2) is 35.6 Å². The number of hydrogen-bond donors (Lipinski definition) is 1. The lowest BCUT2D eigenvalue weighted by Crippen LogP contribution is -2.12. The SMILES string of the molecule is C1=CCC2=C(C=C1)NCCCC2. The molecule has 0 unspecified atom stereocenters. The van der Waals surface area contributed by atoms with Gasteiger partial charge in [-0.2, -0.15) is 0 Å². The number of nitrogens with one attached hydrogen (secondary N) is 1. The van der Waals surface area contributed by atoms with E-state index in [9.17, 15) is 0 Å². The van der Waals surface area contributed by atoms with Gasteiger partial charge in [0, 0.05) is 12.2 Å². The van der Waals surface area contributed by atoms with Crippen molar-refractivity contribution in [2.24, 2.45) is 0 Å². The van der Waals surface area contributed by atoms with Crippen molar-refractivity contribution in [3.8, 4) is 0 Å². The van der Waals surface area contributed by atoms with Gasteiger partial charge in [-0.3, -0.25) is 0 Å². The van der Waals surface area contributed by atoms with E-state index in [0.29, 0.717) is 0 Å². The van der Waals surface area contributed by atoms with Crippen molar-refractivity contribution in [1.82, 2.24) is 5.32 Å². The molecule has 0 radical (unpaired) electrons. The summed E-state index contributed by atoms with van der Waals surface area (Å²) < 4.78 is 0. The second kappa shape index (κ2) is 3.61. The Labute approximate surface area is 73.9 Å². The van der Waals surface area contributed by atoms with Gasteiger partial charge in [0.1, 0.15) is 0 Å². The molecule has 2 rings (SSSR count). The Hall–Kier alpha value is -0.980. The van der Waals surface area contributed by atoms with Crippen LogP contribution in [-0.4, -0.2) is 6.54 Å². The molecule has 1 aliphatic carbocycles. The molecule has 1 heterocycles. The molecule has 64 valence electrons. The van der Waals surface area contributed by atoms with Gasteiger partial charge < -0.3 is 5.32 Å². The van der Waals surface area contributed by atoms with Gasteiger partial charge in [0.15, 0.2) is 0 Å². The number of hydrogen-bond acceptors (Lipinski definition) is 1. The molecule has 0 amide bonds. The molecule has 0 saturated carbocycles. The molecule has 1 aliphatic heterocycles. The van der Waals surface area contributed by atoms with Crippen molar-refractivity contribution < 1.29 is 0 Å². The van der Waals surface area contributed by atoms with Crippen LogP contribution in [0.3, 0.4) is 0 Å². The van der Waals surface area contributed by atoms with Crippen LogP contribution in [0.4, 0.5) is 0 Å². The molecule has 0 aromatic rings. The highest BCUT2D eigenvalue weighted by atomic mass is 14.9.